The van der Waals surface area contributed by atoms with E-state index in [1.807, 2.05) is 30.3 Å². The number of quaternary nitrogens is 1. The lowest BCUT2D eigenvalue weighted by molar-refractivity contribution is -0.930. The molecule has 1 aromatic carbocycles. The number of hydrogen-bond acceptors (Lipinski definition) is 2. The third kappa shape index (κ3) is 2.07. The predicted octanol–water partition coefficient (Wildman–Crippen LogP) is 1.98. The number of likely N-dealkylation sites (tertiary alicyclic amines) is 1. The van der Waals surface area contributed by atoms with E-state index in [1.54, 1.807) is 0 Å². The summed E-state index contributed by atoms with van der Waals surface area (Å²) >= 11 is 0. The van der Waals surface area contributed by atoms with E-state index in [0.717, 1.165) is 46.8 Å². The molecule has 118 valence electrons. The summed E-state index contributed by atoms with van der Waals surface area (Å²) in [5, 5.41) is 20.8. The molecule has 3 unspecified atom stereocenters. The van der Waals surface area contributed by atoms with Crippen molar-refractivity contribution >= 4 is 0 Å². The highest BCUT2D eigenvalue weighted by Gasteiger charge is 2.57. The molecule has 2 N–H and O–H groups in total. The van der Waals surface area contributed by atoms with Gasteiger partial charge in [0, 0.05) is 11.8 Å². The van der Waals surface area contributed by atoms with E-state index in [1.165, 1.54) is 6.42 Å². The molecule has 0 spiro atoms. The largest absolute Gasteiger partial charge is 0.390 e. The van der Waals surface area contributed by atoms with Crippen LogP contribution in [0.25, 0.3) is 0 Å². The number of likely N-dealkylation sites (N-methyl/N-ethyl adjacent to an activating group) is 1. The molecular formula is C19H26NO2+. The second-order valence-corrected chi connectivity index (χ2v) is 7.73. The highest BCUT2D eigenvalue weighted by molar-refractivity contribution is 5.19. The van der Waals surface area contributed by atoms with Crippen molar-refractivity contribution < 1.29 is 14.7 Å². The van der Waals surface area contributed by atoms with Crippen LogP contribution in [0.2, 0.25) is 0 Å². The summed E-state index contributed by atoms with van der Waals surface area (Å²) in [7, 11) is 2.23. The Balaban J connectivity index is 1.57. The normalized spacial score (nSPS) is 41.6. The van der Waals surface area contributed by atoms with Crippen LogP contribution in [0, 0.1) is 23.7 Å². The third-order valence-corrected chi connectivity index (χ3v) is 6.55. The van der Waals surface area contributed by atoms with Crippen LogP contribution >= 0.6 is 0 Å². The zero-order valence-corrected chi connectivity index (χ0v) is 13.2. The Kier molecular flexibility index (Phi) is 3.40. The van der Waals surface area contributed by atoms with Gasteiger partial charge in [-0.25, -0.2) is 0 Å². The van der Waals surface area contributed by atoms with Crippen molar-refractivity contribution in [3.63, 3.8) is 0 Å². The van der Waals surface area contributed by atoms with Crippen molar-refractivity contribution in [2.24, 2.45) is 23.7 Å². The Morgan fingerprint density at radius 2 is 1.68 bits per heavy atom. The van der Waals surface area contributed by atoms with Gasteiger partial charge in [0.1, 0.15) is 12.1 Å². The Morgan fingerprint density at radius 3 is 2.23 bits per heavy atom. The molecule has 0 radical (unpaired) electrons. The summed E-state index contributed by atoms with van der Waals surface area (Å²) in [6.45, 7) is 2.21. The van der Waals surface area contributed by atoms with Crippen LogP contribution in [0.4, 0.5) is 0 Å². The molecular weight excluding hydrogens is 274 g/mol. The van der Waals surface area contributed by atoms with Gasteiger partial charge in [0.2, 0.25) is 0 Å². The summed E-state index contributed by atoms with van der Waals surface area (Å²) in [4.78, 5) is 0. The molecule has 2 bridgehead atoms. The van der Waals surface area contributed by atoms with Crippen molar-refractivity contribution in [3.05, 3.63) is 48.0 Å². The summed E-state index contributed by atoms with van der Waals surface area (Å²) in [5.41, 5.74) is 0.916. The van der Waals surface area contributed by atoms with Crippen LogP contribution < -0.4 is 0 Å². The second-order valence-electron chi connectivity index (χ2n) is 7.73. The maximum Gasteiger partial charge on any atom is 0.143 e. The van der Waals surface area contributed by atoms with Gasteiger partial charge in [0.05, 0.1) is 26.7 Å². The van der Waals surface area contributed by atoms with Crippen LogP contribution in [0.3, 0.4) is 0 Å². The van der Waals surface area contributed by atoms with Gasteiger partial charge in [-0.3, -0.25) is 0 Å². The Morgan fingerprint density at radius 1 is 1.09 bits per heavy atom. The maximum atomic E-state index is 10.8. The average Bonchev–Trinajstić information content (AvgIpc) is 3.20. The topological polar surface area (TPSA) is 40.5 Å². The first kappa shape index (κ1) is 14.4. The SMILES string of the molecule is C[N+]1([C@@H](CO)[C@@H](O)c2ccccc2)CC2C(C1)[C@H]1C=C[C@@H]2C1. The second kappa shape index (κ2) is 5.19. The van der Waals surface area contributed by atoms with Gasteiger partial charge in [-0.1, -0.05) is 42.5 Å². The van der Waals surface area contributed by atoms with E-state index in [-0.39, 0.29) is 12.6 Å². The average molecular weight is 300 g/mol. The Hall–Kier alpha value is -1.16. The molecule has 3 nitrogen and oxygen atoms in total. The Labute approximate surface area is 132 Å². The van der Waals surface area contributed by atoms with Crippen molar-refractivity contribution in [2.75, 3.05) is 26.7 Å². The molecule has 3 aliphatic rings. The van der Waals surface area contributed by atoms with Crippen LogP contribution in [0.15, 0.2) is 42.5 Å². The summed E-state index contributed by atoms with van der Waals surface area (Å²) < 4.78 is 0.802. The fourth-order valence-electron chi connectivity index (χ4n) is 5.39. The molecule has 1 heterocycles. The van der Waals surface area contributed by atoms with Gasteiger partial charge in [-0.2, -0.15) is 0 Å². The van der Waals surface area contributed by atoms with E-state index < -0.39 is 6.10 Å². The monoisotopic (exact) mass is 300 g/mol. The number of allylic oxidation sites excluding steroid dienone is 2. The van der Waals surface area contributed by atoms with E-state index in [9.17, 15) is 10.2 Å². The lowest BCUT2D eigenvalue weighted by Crippen LogP contribution is -2.55. The van der Waals surface area contributed by atoms with E-state index in [2.05, 4.69) is 19.2 Å². The molecule has 0 amide bonds. The molecule has 1 saturated heterocycles. The molecule has 1 aliphatic heterocycles. The summed E-state index contributed by atoms with van der Waals surface area (Å²) in [6.07, 6.45) is 5.55. The number of rotatable bonds is 4. The fraction of sp³-hybridized carbons (Fsp3) is 0.579. The van der Waals surface area contributed by atoms with Crippen LogP contribution in [0.1, 0.15) is 18.1 Å². The molecule has 7 atom stereocenters. The van der Waals surface area contributed by atoms with E-state index in [4.69, 9.17) is 0 Å². The molecule has 22 heavy (non-hydrogen) atoms. The van der Waals surface area contributed by atoms with Gasteiger partial charge < -0.3 is 14.7 Å². The predicted molar refractivity (Wildman–Crippen MR) is 85.9 cm³/mol. The summed E-state index contributed by atoms with van der Waals surface area (Å²) in [6, 6.07) is 9.66. The molecule has 1 saturated carbocycles. The maximum absolute atomic E-state index is 10.8. The minimum atomic E-state index is -0.597. The number of nitrogens with zero attached hydrogens (tertiary/aromatic N) is 1. The van der Waals surface area contributed by atoms with Gasteiger partial charge >= 0.3 is 0 Å². The quantitative estimate of drug-likeness (QED) is 0.659. The molecule has 2 fully saturated rings. The first-order valence-electron chi connectivity index (χ1n) is 8.49. The van der Waals surface area contributed by atoms with Gasteiger partial charge in [0.15, 0.2) is 0 Å². The highest BCUT2D eigenvalue weighted by Crippen LogP contribution is 2.53. The number of aliphatic hydroxyl groups is 2. The highest BCUT2D eigenvalue weighted by atomic mass is 16.3. The van der Waals surface area contributed by atoms with Gasteiger partial charge in [0.25, 0.3) is 0 Å². The zero-order valence-electron chi connectivity index (χ0n) is 13.2. The van der Waals surface area contributed by atoms with Crippen molar-refractivity contribution in [1.29, 1.82) is 0 Å². The van der Waals surface area contributed by atoms with Crippen molar-refractivity contribution in [2.45, 2.75) is 18.6 Å². The number of hydrogen-bond donors (Lipinski definition) is 2. The van der Waals surface area contributed by atoms with Crippen molar-refractivity contribution in [1.82, 2.24) is 0 Å². The molecule has 3 heteroatoms. The van der Waals surface area contributed by atoms with E-state index in [0.29, 0.717) is 0 Å². The van der Waals surface area contributed by atoms with Crippen LogP contribution in [-0.2, 0) is 0 Å². The number of benzene rings is 1. The minimum absolute atomic E-state index is 0.0365. The number of aliphatic hydroxyl groups excluding tert-OH is 2. The first-order chi connectivity index (χ1) is 10.6. The Bertz CT molecular complexity index is 550. The lowest BCUT2D eigenvalue weighted by atomic mass is 9.86. The standard InChI is InChI=1S/C19H26NO2/c1-20(10-16-14-7-8-15(9-14)17(16)11-20)18(12-21)19(22)13-5-3-2-4-6-13/h2-8,14-19,21-22H,9-12H2,1H3/q+1/t14-,15+,16?,17?,18-,19-,20?/m0/s1. The summed E-state index contributed by atoms with van der Waals surface area (Å²) in [5.74, 6) is 2.97. The molecule has 4 rings (SSSR count). The third-order valence-electron chi connectivity index (χ3n) is 6.55. The smallest absolute Gasteiger partial charge is 0.143 e. The lowest BCUT2D eigenvalue weighted by Gasteiger charge is -2.40. The van der Waals surface area contributed by atoms with Crippen molar-refractivity contribution in [3.8, 4) is 0 Å². The first-order valence-corrected chi connectivity index (χ1v) is 8.49. The fourth-order valence-corrected chi connectivity index (χ4v) is 5.39. The van der Waals surface area contributed by atoms with E-state index >= 15 is 0 Å². The zero-order chi connectivity index (χ0) is 15.3. The number of fused-ring (bicyclic) bond motifs is 5. The van der Waals surface area contributed by atoms with Crippen LogP contribution in [0.5, 0.6) is 0 Å². The molecule has 2 aliphatic carbocycles. The molecule has 1 aromatic rings. The minimum Gasteiger partial charge on any atom is -0.390 e. The molecule has 0 aromatic heterocycles. The van der Waals surface area contributed by atoms with Gasteiger partial charge in [-0.15, -0.1) is 0 Å². The van der Waals surface area contributed by atoms with Crippen LogP contribution in [-0.4, -0.2) is 47.5 Å². The van der Waals surface area contributed by atoms with Gasteiger partial charge in [-0.05, 0) is 23.8 Å².